The first-order chi connectivity index (χ1) is 10.7. The number of fused-ring (bicyclic) bond motifs is 3. The van der Waals surface area contributed by atoms with E-state index in [0.717, 1.165) is 5.92 Å². The van der Waals surface area contributed by atoms with Gasteiger partial charge in [-0.05, 0) is 47.9 Å². The van der Waals surface area contributed by atoms with Crippen LogP contribution < -0.4 is 0 Å². The molecule has 0 N–H and O–H groups in total. The summed E-state index contributed by atoms with van der Waals surface area (Å²) >= 11 is 0. The standard InChI is InChI=1S/C21H25N/c1-15-13-22-14-20-19(15)9-8-18-12-17(10-11-21(18,20)2)16-6-4-3-5-7-16/h8-14,16,18H,3-7H2,1-2H3. The highest BCUT2D eigenvalue weighted by Gasteiger charge is 2.38. The van der Waals surface area contributed by atoms with Crippen molar-refractivity contribution in [3.63, 3.8) is 0 Å². The maximum Gasteiger partial charge on any atom is 0.0315 e. The Kier molecular flexibility index (Phi) is 3.32. The Hall–Kier alpha value is -1.63. The molecule has 1 aromatic rings. The molecule has 22 heavy (non-hydrogen) atoms. The predicted octanol–water partition coefficient (Wildman–Crippen LogP) is 5.37. The number of hydrogen-bond donors (Lipinski definition) is 0. The molecule has 0 saturated heterocycles. The summed E-state index contributed by atoms with van der Waals surface area (Å²) in [5, 5.41) is 0. The molecule has 3 aliphatic rings. The predicted molar refractivity (Wildman–Crippen MR) is 92.6 cm³/mol. The highest BCUT2D eigenvalue weighted by atomic mass is 14.6. The Morgan fingerprint density at radius 2 is 1.91 bits per heavy atom. The SMILES string of the molecule is Cc1cncc2c1C=CC1C=C(C3CCCCC3)C=CC21C. The van der Waals surface area contributed by atoms with Crippen molar-refractivity contribution in [2.75, 3.05) is 0 Å². The highest BCUT2D eigenvalue weighted by molar-refractivity contribution is 5.65. The van der Waals surface area contributed by atoms with E-state index in [1.807, 2.05) is 6.20 Å². The van der Waals surface area contributed by atoms with Gasteiger partial charge in [-0.3, -0.25) is 4.98 Å². The lowest BCUT2D eigenvalue weighted by Crippen LogP contribution is -2.33. The van der Waals surface area contributed by atoms with Gasteiger partial charge in [-0.15, -0.1) is 0 Å². The number of allylic oxidation sites excluding steroid dienone is 5. The fraction of sp³-hybridized carbons (Fsp3) is 0.476. The van der Waals surface area contributed by atoms with Gasteiger partial charge in [-0.2, -0.15) is 0 Å². The second-order valence-electron chi connectivity index (χ2n) is 7.42. The van der Waals surface area contributed by atoms with Gasteiger partial charge in [-0.25, -0.2) is 0 Å². The van der Waals surface area contributed by atoms with E-state index in [1.165, 1.54) is 48.8 Å². The second kappa shape index (κ2) is 5.22. The molecule has 1 saturated carbocycles. The Morgan fingerprint density at radius 1 is 1.09 bits per heavy atom. The lowest BCUT2D eigenvalue weighted by Gasteiger charge is -2.40. The molecule has 1 heterocycles. The van der Waals surface area contributed by atoms with Gasteiger partial charge in [0.25, 0.3) is 0 Å². The van der Waals surface area contributed by atoms with Gasteiger partial charge < -0.3 is 0 Å². The lowest BCUT2D eigenvalue weighted by molar-refractivity contribution is 0.397. The zero-order valence-electron chi connectivity index (χ0n) is 13.7. The van der Waals surface area contributed by atoms with Crippen LogP contribution in [0.5, 0.6) is 0 Å². The Bertz CT molecular complexity index is 673. The van der Waals surface area contributed by atoms with E-state index in [-0.39, 0.29) is 5.41 Å². The zero-order valence-corrected chi connectivity index (χ0v) is 13.7. The van der Waals surface area contributed by atoms with Crippen molar-refractivity contribution in [1.29, 1.82) is 0 Å². The van der Waals surface area contributed by atoms with E-state index in [0.29, 0.717) is 5.92 Å². The van der Waals surface area contributed by atoms with Gasteiger partial charge in [-0.1, -0.05) is 56.6 Å². The van der Waals surface area contributed by atoms with Crippen molar-refractivity contribution in [1.82, 2.24) is 4.98 Å². The summed E-state index contributed by atoms with van der Waals surface area (Å²) in [6.45, 7) is 4.53. The Balaban J connectivity index is 1.71. The minimum atomic E-state index is 0.0707. The van der Waals surface area contributed by atoms with E-state index >= 15 is 0 Å². The fourth-order valence-corrected chi connectivity index (χ4v) is 4.47. The monoisotopic (exact) mass is 291 g/mol. The van der Waals surface area contributed by atoms with Crippen molar-refractivity contribution in [3.8, 4) is 0 Å². The number of aromatic nitrogens is 1. The number of nitrogens with zero attached hydrogens (tertiary/aromatic N) is 1. The molecule has 0 bridgehead atoms. The first-order valence-corrected chi connectivity index (χ1v) is 8.73. The van der Waals surface area contributed by atoms with Crippen molar-refractivity contribution in [3.05, 3.63) is 59.0 Å². The normalized spacial score (nSPS) is 30.6. The topological polar surface area (TPSA) is 12.9 Å². The molecule has 0 spiro atoms. The molecule has 2 atom stereocenters. The molecule has 0 aliphatic heterocycles. The van der Waals surface area contributed by atoms with Crippen LogP contribution >= 0.6 is 0 Å². The lowest BCUT2D eigenvalue weighted by atomic mass is 9.63. The first kappa shape index (κ1) is 14.0. The third kappa shape index (κ3) is 2.10. The summed E-state index contributed by atoms with van der Waals surface area (Å²) in [6, 6.07) is 0. The molecule has 0 aromatic carbocycles. The van der Waals surface area contributed by atoms with E-state index in [4.69, 9.17) is 0 Å². The van der Waals surface area contributed by atoms with Crippen LogP contribution in [-0.4, -0.2) is 4.98 Å². The molecule has 114 valence electrons. The molecular formula is C21H25N. The summed E-state index contributed by atoms with van der Waals surface area (Å²) in [6.07, 6.45) is 23.1. The molecule has 1 aromatic heterocycles. The minimum Gasteiger partial charge on any atom is -0.264 e. The Morgan fingerprint density at radius 3 is 2.73 bits per heavy atom. The molecule has 0 amide bonds. The van der Waals surface area contributed by atoms with Crippen LogP contribution in [0.1, 0.15) is 55.7 Å². The highest BCUT2D eigenvalue weighted by Crippen LogP contribution is 2.46. The van der Waals surface area contributed by atoms with Gasteiger partial charge in [0, 0.05) is 23.7 Å². The Labute approximate surface area is 133 Å². The van der Waals surface area contributed by atoms with Crippen LogP contribution in [0.15, 0.2) is 42.3 Å². The first-order valence-electron chi connectivity index (χ1n) is 8.73. The van der Waals surface area contributed by atoms with E-state index in [2.05, 4.69) is 55.4 Å². The molecule has 0 radical (unpaired) electrons. The summed E-state index contributed by atoms with van der Waals surface area (Å²) in [4.78, 5) is 4.45. The fourth-order valence-electron chi connectivity index (χ4n) is 4.47. The molecule has 3 aliphatic carbocycles. The number of aryl methyl sites for hydroxylation is 1. The van der Waals surface area contributed by atoms with E-state index in [1.54, 1.807) is 5.57 Å². The molecule has 1 fully saturated rings. The van der Waals surface area contributed by atoms with E-state index in [9.17, 15) is 0 Å². The summed E-state index contributed by atoms with van der Waals surface area (Å²) < 4.78 is 0. The van der Waals surface area contributed by atoms with Gasteiger partial charge in [0.2, 0.25) is 0 Å². The maximum atomic E-state index is 4.45. The summed E-state index contributed by atoms with van der Waals surface area (Å²) in [7, 11) is 0. The molecule has 4 rings (SSSR count). The van der Waals surface area contributed by atoms with Crippen molar-refractivity contribution < 1.29 is 0 Å². The largest absolute Gasteiger partial charge is 0.264 e. The van der Waals surface area contributed by atoms with Crippen LogP contribution in [0, 0.1) is 18.8 Å². The molecule has 1 heteroatoms. The third-order valence-electron chi connectivity index (χ3n) is 6.00. The molecule has 1 nitrogen and oxygen atoms in total. The van der Waals surface area contributed by atoms with Crippen molar-refractivity contribution in [2.24, 2.45) is 11.8 Å². The quantitative estimate of drug-likeness (QED) is 0.678. The molecular weight excluding hydrogens is 266 g/mol. The average Bonchev–Trinajstić information content (AvgIpc) is 2.55. The van der Waals surface area contributed by atoms with Crippen LogP contribution in [-0.2, 0) is 5.41 Å². The average molecular weight is 291 g/mol. The smallest absolute Gasteiger partial charge is 0.0315 e. The molecule has 2 unspecified atom stereocenters. The van der Waals surface area contributed by atoms with Crippen molar-refractivity contribution >= 4 is 6.08 Å². The summed E-state index contributed by atoms with van der Waals surface area (Å²) in [5.74, 6) is 1.27. The van der Waals surface area contributed by atoms with Crippen LogP contribution in [0.2, 0.25) is 0 Å². The maximum absolute atomic E-state index is 4.45. The van der Waals surface area contributed by atoms with E-state index < -0.39 is 0 Å². The zero-order chi connectivity index (χ0) is 15.2. The number of pyridine rings is 1. The van der Waals surface area contributed by atoms with Crippen LogP contribution in [0.4, 0.5) is 0 Å². The number of hydrogen-bond acceptors (Lipinski definition) is 1. The van der Waals surface area contributed by atoms with Crippen molar-refractivity contribution in [2.45, 2.75) is 51.4 Å². The van der Waals surface area contributed by atoms with Gasteiger partial charge in [0.1, 0.15) is 0 Å². The minimum absolute atomic E-state index is 0.0707. The second-order valence-corrected chi connectivity index (χ2v) is 7.42. The van der Waals surface area contributed by atoms with Gasteiger partial charge >= 0.3 is 0 Å². The summed E-state index contributed by atoms with van der Waals surface area (Å²) in [5.41, 5.74) is 5.68. The number of rotatable bonds is 1. The van der Waals surface area contributed by atoms with Gasteiger partial charge in [0.15, 0.2) is 0 Å². The van der Waals surface area contributed by atoms with Crippen LogP contribution in [0.3, 0.4) is 0 Å². The third-order valence-corrected chi connectivity index (χ3v) is 6.00. The van der Waals surface area contributed by atoms with Gasteiger partial charge in [0.05, 0.1) is 0 Å². The van der Waals surface area contributed by atoms with Crippen LogP contribution in [0.25, 0.3) is 6.08 Å².